The van der Waals surface area contributed by atoms with E-state index in [-0.39, 0.29) is 24.1 Å². The summed E-state index contributed by atoms with van der Waals surface area (Å²) in [7, 11) is 0. The standard InChI is InChI=1S/C15H16Cl3N3O2.C12H11N3O2/c1-2-4-20(15(22)21-5-3-19-10-21)6-7-23-14-12(17)8-11(16)9-13(14)18;1-9-4-6-10(7-5-9)14-12-11(15(16)17)3-2-8-13-12/h3,5,8-10H,2,4,6-7H2,1H3;2-8H,1H3,(H,13,14). The first kappa shape index (κ1) is 30.7. The van der Waals surface area contributed by atoms with Gasteiger partial charge in [-0.25, -0.2) is 14.8 Å². The number of nitro groups is 1. The molecule has 40 heavy (non-hydrogen) atoms. The third kappa shape index (κ3) is 8.84. The van der Waals surface area contributed by atoms with Crippen LogP contribution in [0.5, 0.6) is 5.75 Å². The number of ether oxygens (including phenoxy) is 1. The average molecular weight is 606 g/mol. The molecular weight excluding hydrogens is 579 g/mol. The van der Waals surface area contributed by atoms with Gasteiger partial charge in [0, 0.05) is 41.9 Å². The van der Waals surface area contributed by atoms with Gasteiger partial charge in [-0.2, -0.15) is 0 Å². The molecule has 0 spiro atoms. The van der Waals surface area contributed by atoms with Crippen LogP contribution < -0.4 is 10.1 Å². The lowest BCUT2D eigenvalue weighted by Crippen LogP contribution is -2.37. The Morgan fingerprint density at radius 3 is 2.40 bits per heavy atom. The van der Waals surface area contributed by atoms with E-state index in [9.17, 15) is 14.9 Å². The minimum atomic E-state index is -0.455. The number of benzene rings is 2. The lowest BCUT2D eigenvalue weighted by Gasteiger charge is -2.22. The molecule has 4 aromatic rings. The van der Waals surface area contributed by atoms with Crippen molar-refractivity contribution in [2.75, 3.05) is 25.0 Å². The quantitative estimate of drug-likeness (QED) is 0.154. The number of nitrogens with zero attached hydrogens (tertiary/aromatic N) is 5. The molecule has 210 valence electrons. The molecule has 4 rings (SSSR count). The summed E-state index contributed by atoms with van der Waals surface area (Å²) in [4.78, 5) is 32.2. The zero-order valence-corrected chi connectivity index (χ0v) is 24.0. The van der Waals surface area contributed by atoms with E-state index in [0.29, 0.717) is 33.9 Å². The van der Waals surface area contributed by atoms with E-state index in [0.717, 1.165) is 17.7 Å². The predicted octanol–water partition coefficient (Wildman–Crippen LogP) is 7.64. The van der Waals surface area contributed by atoms with Crippen LogP contribution in [-0.4, -0.2) is 50.1 Å². The number of aromatic nitrogens is 3. The molecule has 0 unspecified atom stereocenters. The summed E-state index contributed by atoms with van der Waals surface area (Å²) in [6.07, 6.45) is 7.00. The Morgan fingerprint density at radius 1 is 1.10 bits per heavy atom. The van der Waals surface area contributed by atoms with Crippen LogP contribution in [0.2, 0.25) is 15.1 Å². The molecular formula is C27H27Cl3N6O4. The van der Waals surface area contributed by atoms with E-state index in [2.05, 4.69) is 15.3 Å². The van der Waals surface area contributed by atoms with Crippen LogP contribution >= 0.6 is 34.8 Å². The number of aryl methyl sites for hydroxylation is 1. The van der Waals surface area contributed by atoms with Gasteiger partial charge in [0.05, 0.1) is 21.5 Å². The van der Waals surface area contributed by atoms with Crippen molar-refractivity contribution in [3.05, 3.63) is 104 Å². The van der Waals surface area contributed by atoms with Crippen molar-refractivity contribution < 1.29 is 14.5 Å². The summed E-state index contributed by atoms with van der Waals surface area (Å²) in [5.41, 5.74) is 1.87. The number of anilines is 2. The molecule has 0 fully saturated rings. The van der Waals surface area contributed by atoms with E-state index in [1.807, 2.05) is 38.1 Å². The minimum Gasteiger partial charge on any atom is -0.489 e. The fourth-order valence-corrected chi connectivity index (χ4v) is 4.37. The van der Waals surface area contributed by atoms with E-state index in [1.165, 1.54) is 23.2 Å². The lowest BCUT2D eigenvalue weighted by atomic mass is 10.2. The zero-order chi connectivity index (χ0) is 29.1. The summed E-state index contributed by atoms with van der Waals surface area (Å²) in [6, 6.07) is 13.5. The third-order valence-electron chi connectivity index (χ3n) is 5.36. The van der Waals surface area contributed by atoms with Crippen molar-refractivity contribution in [1.29, 1.82) is 0 Å². The first-order chi connectivity index (χ1) is 19.2. The second kappa shape index (κ2) is 15.1. The molecule has 10 nitrogen and oxygen atoms in total. The van der Waals surface area contributed by atoms with Crippen LogP contribution in [0.3, 0.4) is 0 Å². The zero-order valence-electron chi connectivity index (χ0n) is 21.8. The lowest BCUT2D eigenvalue weighted by molar-refractivity contribution is -0.384. The number of amides is 1. The maximum absolute atomic E-state index is 12.3. The van der Waals surface area contributed by atoms with Crippen molar-refractivity contribution in [1.82, 2.24) is 19.4 Å². The van der Waals surface area contributed by atoms with Gasteiger partial charge in [0.2, 0.25) is 5.82 Å². The number of carbonyl (C=O) groups excluding carboxylic acids is 1. The van der Waals surface area contributed by atoms with Crippen molar-refractivity contribution in [3.8, 4) is 5.75 Å². The molecule has 0 atom stereocenters. The summed E-state index contributed by atoms with van der Waals surface area (Å²) in [6.45, 7) is 5.26. The molecule has 1 amide bonds. The smallest absolute Gasteiger partial charge is 0.329 e. The third-order valence-corrected chi connectivity index (χ3v) is 6.14. The normalized spacial score (nSPS) is 10.3. The second-order valence-corrected chi connectivity index (χ2v) is 9.66. The number of rotatable bonds is 9. The van der Waals surface area contributed by atoms with Gasteiger partial charge in [-0.15, -0.1) is 0 Å². The summed E-state index contributed by atoms with van der Waals surface area (Å²) in [5.74, 6) is 0.616. The van der Waals surface area contributed by atoms with Crippen LogP contribution in [0.1, 0.15) is 18.9 Å². The van der Waals surface area contributed by atoms with E-state index in [4.69, 9.17) is 39.5 Å². The Morgan fingerprint density at radius 2 is 1.80 bits per heavy atom. The van der Waals surface area contributed by atoms with Gasteiger partial charge in [0.15, 0.2) is 5.75 Å². The predicted molar refractivity (Wildman–Crippen MR) is 157 cm³/mol. The highest BCUT2D eigenvalue weighted by atomic mass is 35.5. The average Bonchev–Trinajstić information content (AvgIpc) is 3.46. The molecule has 2 heterocycles. The molecule has 0 saturated carbocycles. The maximum atomic E-state index is 12.3. The highest BCUT2D eigenvalue weighted by Crippen LogP contribution is 2.35. The molecule has 0 aliphatic carbocycles. The number of pyridine rings is 1. The SMILES string of the molecule is CCCN(CCOc1c(Cl)cc(Cl)cc1Cl)C(=O)n1ccnc1.Cc1ccc(Nc2ncccc2[N+](=O)[O-])cc1. The fraction of sp³-hybridized carbons (Fsp3) is 0.222. The van der Waals surface area contributed by atoms with Crippen LogP contribution in [0.25, 0.3) is 0 Å². The Bertz CT molecular complexity index is 1400. The van der Waals surface area contributed by atoms with Gasteiger partial charge < -0.3 is 15.0 Å². The van der Waals surface area contributed by atoms with Gasteiger partial charge >= 0.3 is 11.7 Å². The molecule has 0 saturated heterocycles. The van der Waals surface area contributed by atoms with Crippen molar-refractivity contribution in [2.45, 2.75) is 20.3 Å². The molecule has 0 aliphatic rings. The van der Waals surface area contributed by atoms with Crippen LogP contribution in [0.4, 0.5) is 22.0 Å². The van der Waals surface area contributed by atoms with Crippen molar-refractivity contribution in [3.63, 3.8) is 0 Å². The number of halogens is 3. The number of hydrogen-bond acceptors (Lipinski definition) is 7. The molecule has 2 aromatic carbocycles. The van der Waals surface area contributed by atoms with Crippen LogP contribution in [0, 0.1) is 17.0 Å². The number of imidazole rings is 1. The van der Waals surface area contributed by atoms with Gasteiger partial charge in [0.25, 0.3) is 0 Å². The Kier molecular flexibility index (Phi) is 11.6. The number of carbonyl (C=O) groups is 1. The highest BCUT2D eigenvalue weighted by molar-refractivity contribution is 6.40. The van der Waals surface area contributed by atoms with E-state index >= 15 is 0 Å². The van der Waals surface area contributed by atoms with Crippen molar-refractivity contribution >= 4 is 58.0 Å². The van der Waals surface area contributed by atoms with Gasteiger partial charge in [-0.05, 0) is 43.7 Å². The second-order valence-electron chi connectivity index (χ2n) is 8.41. The highest BCUT2D eigenvalue weighted by Gasteiger charge is 2.16. The Labute approximate surface area is 246 Å². The fourth-order valence-electron chi connectivity index (χ4n) is 3.45. The van der Waals surface area contributed by atoms with Crippen LogP contribution in [0.15, 0.2) is 73.4 Å². The first-order valence-electron chi connectivity index (χ1n) is 12.2. The molecule has 1 N–H and O–H groups in total. The molecule has 13 heteroatoms. The summed E-state index contributed by atoms with van der Waals surface area (Å²) < 4.78 is 7.05. The monoisotopic (exact) mass is 604 g/mol. The van der Waals surface area contributed by atoms with Crippen molar-refractivity contribution in [2.24, 2.45) is 0 Å². The Hall–Kier alpha value is -3.86. The van der Waals surface area contributed by atoms with E-state index < -0.39 is 4.92 Å². The maximum Gasteiger partial charge on any atom is 0.329 e. The minimum absolute atomic E-state index is 0.0342. The molecule has 0 radical (unpaired) electrons. The molecule has 2 aromatic heterocycles. The first-order valence-corrected chi connectivity index (χ1v) is 13.3. The summed E-state index contributed by atoms with van der Waals surface area (Å²) >= 11 is 18.0. The molecule has 0 bridgehead atoms. The van der Waals surface area contributed by atoms with Crippen LogP contribution in [-0.2, 0) is 0 Å². The number of nitrogens with one attached hydrogen (secondary N) is 1. The van der Waals surface area contributed by atoms with Gasteiger partial charge in [0.1, 0.15) is 12.9 Å². The van der Waals surface area contributed by atoms with Gasteiger partial charge in [-0.1, -0.05) is 59.4 Å². The van der Waals surface area contributed by atoms with E-state index in [1.54, 1.807) is 35.5 Å². The molecule has 0 aliphatic heterocycles. The summed E-state index contributed by atoms with van der Waals surface area (Å²) in [5, 5.41) is 14.8. The topological polar surface area (TPSA) is 115 Å². The Balaban J connectivity index is 0.000000230. The van der Waals surface area contributed by atoms with Gasteiger partial charge in [-0.3, -0.25) is 14.7 Å². The largest absolute Gasteiger partial charge is 0.489 e. The number of hydrogen-bond donors (Lipinski definition) is 1.